The Hall–Kier alpha value is -2.29. The molecule has 0 aliphatic carbocycles. The Kier molecular flexibility index (Phi) is 5.59. The van der Waals surface area contributed by atoms with E-state index in [1.807, 2.05) is 48.5 Å². The molecule has 116 valence electrons. The highest BCUT2D eigenvalue weighted by Crippen LogP contribution is 2.32. The van der Waals surface area contributed by atoms with Crippen molar-refractivity contribution in [2.45, 2.75) is 25.7 Å². The van der Waals surface area contributed by atoms with E-state index in [2.05, 4.69) is 6.92 Å². The molecule has 1 atom stereocenters. The summed E-state index contributed by atoms with van der Waals surface area (Å²) >= 11 is 0. The number of Topliss-reactive ketones (excluding diaryl/α,β-unsaturated/α-hetero) is 1. The summed E-state index contributed by atoms with van der Waals surface area (Å²) < 4.78 is 10.5. The van der Waals surface area contributed by atoms with Crippen LogP contribution in [0.2, 0.25) is 0 Å². The Morgan fingerprint density at radius 2 is 1.68 bits per heavy atom. The van der Waals surface area contributed by atoms with Crippen LogP contribution in [0.25, 0.3) is 0 Å². The first-order valence-corrected chi connectivity index (χ1v) is 7.49. The van der Waals surface area contributed by atoms with Crippen molar-refractivity contribution in [1.29, 1.82) is 0 Å². The number of hydrogen-bond acceptors (Lipinski definition) is 3. The lowest BCUT2D eigenvalue weighted by Crippen LogP contribution is -2.08. The van der Waals surface area contributed by atoms with E-state index in [4.69, 9.17) is 9.47 Å². The summed E-state index contributed by atoms with van der Waals surface area (Å²) in [4.78, 5) is 12.5. The molecule has 0 heterocycles. The number of methoxy groups -OCH3 is 2. The number of hydrogen-bond donors (Lipinski definition) is 0. The Morgan fingerprint density at radius 1 is 1.00 bits per heavy atom. The molecule has 0 aliphatic heterocycles. The van der Waals surface area contributed by atoms with Gasteiger partial charge in [0, 0.05) is 12.0 Å². The van der Waals surface area contributed by atoms with Crippen molar-refractivity contribution >= 4 is 5.78 Å². The summed E-state index contributed by atoms with van der Waals surface area (Å²) in [6.07, 6.45) is 1.37. The van der Waals surface area contributed by atoms with Crippen LogP contribution in [0.1, 0.15) is 41.6 Å². The van der Waals surface area contributed by atoms with Crippen molar-refractivity contribution in [1.82, 2.24) is 0 Å². The average molecular weight is 298 g/mol. The van der Waals surface area contributed by atoms with Crippen LogP contribution in [-0.2, 0) is 0 Å². The highest BCUT2D eigenvalue weighted by Gasteiger charge is 2.18. The minimum absolute atomic E-state index is 0.139. The molecule has 0 aliphatic rings. The van der Waals surface area contributed by atoms with Crippen LogP contribution in [0.4, 0.5) is 0 Å². The second-order valence-electron chi connectivity index (χ2n) is 5.20. The second kappa shape index (κ2) is 7.64. The normalized spacial score (nSPS) is 11.8. The lowest BCUT2D eigenvalue weighted by atomic mass is 9.89. The van der Waals surface area contributed by atoms with Crippen molar-refractivity contribution < 1.29 is 14.3 Å². The monoisotopic (exact) mass is 298 g/mol. The molecule has 3 nitrogen and oxygen atoms in total. The molecule has 2 aromatic rings. The van der Waals surface area contributed by atoms with Gasteiger partial charge in [0.2, 0.25) is 0 Å². The standard InChI is InChI=1S/C19H22O3/c1-4-14(17-7-5-6-8-19(17)22-3)13-18(20)15-9-11-16(21-2)12-10-15/h5-12,14H,4,13H2,1-3H3/t14-/m0/s1. The summed E-state index contributed by atoms with van der Waals surface area (Å²) in [6.45, 7) is 2.10. The number of benzene rings is 2. The Bertz CT molecular complexity index is 617. The maximum absolute atomic E-state index is 12.5. The lowest BCUT2D eigenvalue weighted by molar-refractivity contribution is 0.0972. The van der Waals surface area contributed by atoms with Gasteiger partial charge in [-0.05, 0) is 48.2 Å². The van der Waals surface area contributed by atoms with Gasteiger partial charge in [0.25, 0.3) is 0 Å². The van der Waals surface area contributed by atoms with Crippen LogP contribution in [0.5, 0.6) is 11.5 Å². The lowest BCUT2D eigenvalue weighted by Gasteiger charge is -2.17. The molecule has 22 heavy (non-hydrogen) atoms. The molecule has 0 saturated carbocycles. The van der Waals surface area contributed by atoms with Crippen molar-refractivity contribution in [3.05, 3.63) is 59.7 Å². The van der Waals surface area contributed by atoms with Crippen LogP contribution in [0, 0.1) is 0 Å². The molecule has 0 saturated heterocycles. The smallest absolute Gasteiger partial charge is 0.163 e. The molecule has 3 heteroatoms. The minimum atomic E-state index is 0.139. The zero-order valence-electron chi connectivity index (χ0n) is 13.3. The first-order valence-electron chi connectivity index (χ1n) is 7.49. The van der Waals surface area contributed by atoms with Gasteiger partial charge in [0.05, 0.1) is 14.2 Å². The zero-order chi connectivity index (χ0) is 15.9. The summed E-state index contributed by atoms with van der Waals surface area (Å²) in [7, 11) is 3.28. The summed E-state index contributed by atoms with van der Waals surface area (Å²) in [5.41, 5.74) is 1.81. The van der Waals surface area contributed by atoms with Gasteiger partial charge in [0.15, 0.2) is 5.78 Å². The highest BCUT2D eigenvalue weighted by molar-refractivity contribution is 5.96. The first kappa shape index (κ1) is 16.1. The second-order valence-corrected chi connectivity index (χ2v) is 5.20. The first-order chi connectivity index (χ1) is 10.7. The van der Waals surface area contributed by atoms with E-state index in [0.717, 1.165) is 23.5 Å². The zero-order valence-corrected chi connectivity index (χ0v) is 13.3. The van der Waals surface area contributed by atoms with Crippen LogP contribution < -0.4 is 9.47 Å². The number of ketones is 1. The van der Waals surface area contributed by atoms with Crippen molar-refractivity contribution in [2.24, 2.45) is 0 Å². The predicted molar refractivity (Wildman–Crippen MR) is 88.0 cm³/mol. The number of rotatable bonds is 7. The third-order valence-electron chi connectivity index (χ3n) is 3.92. The predicted octanol–water partition coefficient (Wildman–Crippen LogP) is 4.47. The molecule has 0 unspecified atom stereocenters. The molecule has 0 N–H and O–H groups in total. The van der Waals surface area contributed by atoms with Gasteiger partial charge in [-0.3, -0.25) is 4.79 Å². The topological polar surface area (TPSA) is 35.5 Å². The third-order valence-corrected chi connectivity index (χ3v) is 3.92. The summed E-state index contributed by atoms with van der Waals surface area (Å²) in [5.74, 6) is 1.90. The molecule has 2 rings (SSSR count). The van der Waals surface area contributed by atoms with Crippen LogP contribution in [0.15, 0.2) is 48.5 Å². The number of carbonyl (C=O) groups excluding carboxylic acids is 1. The van der Waals surface area contributed by atoms with E-state index in [9.17, 15) is 4.79 Å². The quantitative estimate of drug-likeness (QED) is 0.707. The van der Waals surface area contributed by atoms with Crippen LogP contribution in [-0.4, -0.2) is 20.0 Å². The number of ether oxygens (including phenoxy) is 2. The van der Waals surface area contributed by atoms with E-state index >= 15 is 0 Å². The maximum Gasteiger partial charge on any atom is 0.163 e. The molecule has 0 radical (unpaired) electrons. The van der Waals surface area contributed by atoms with Crippen LogP contribution >= 0.6 is 0 Å². The van der Waals surface area contributed by atoms with Gasteiger partial charge < -0.3 is 9.47 Å². The Labute approximate surface area is 131 Å². The molecular weight excluding hydrogens is 276 g/mol. The molecule has 0 bridgehead atoms. The molecule has 0 spiro atoms. The van der Waals surface area contributed by atoms with Crippen molar-refractivity contribution in [3.63, 3.8) is 0 Å². The fraction of sp³-hybridized carbons (Fsp3) is 0.316. The molecule has 2 aromatic carbocycles. The Balaban J connectivity index is 2.16. The van der Waals surface area contributed by atoms with Crippen molar-refractivity contribution in [2.75, 3.05) is 14.2 Å². The molecule has 0 aromatic heterocycles. The SMILES string of the molecule is CC[C@@H](CC(=O)c1ccc(OC)cc1)c1ccccc1OC. The maximum atomic E-state index is 12.5. The fourth-order valence-electron chi connectivity index (χ4n) is 2.60. The van der Waals surface area contributed by atoms with Gasteiger partial charge in [-0.15, -0.1) is 0 Å². The van der Waals surface area contributed by atoms with E-state index in [0.29, 0.717) is 12.0 Å². The largest absolute Gasteiger partial charge is 0.497 e. The van der Waals surface area contributed by atoms with E-state index in [1.54, 1.807) is 14.2 Å². The molecular formula is C19H22O3. The van der Waals surface area contributed by atoms with E-state index < -0.39 is 0 Å². The van der Waals surface area contributed by atoms with E-state index in [-0.39, 0.29) is 11.7 Å². The van der Waals surface area contributed by atoms with Gasteiger partial charge in [-0.2, -0.15) is 0 Å². The number of para-hydroxylation sites is 1. The van der Waals surface area contributed by atoms with Gasteiger partial charge >= 0.3 is 0 Å². The molecule has 0 amide bonds. The van der Waals surface area contributed by atoms with Gasteiger partial charge in [-0.1, -0.05) is 25.1 Å². The van der Waals surface area contributed by atoms with Crippen LogP contribution in [0.3, 0.4) is 0 Å². The summed E-state index contributed by atoms with van der Waals surface area (Å²) in [5, 5.41) is 0. The average Bonchev–Trinajstić information content (AvgIpc) is 2.59. The molecule has 0 fully saturated rings. The fourth-order valence-corrected chi connectivity index (χ4v) is 2.60. The van der Waals surface area contributed by atoms with Gasteiger partial charge in [-0.25, -0.2) is 0 Å². The third kappa shape index (κ3) is 3.67. The number of carbonyl (C=O) groups is 1. The van der Waals surface area contributed by atoms with Gasteiger partial charge in [0.1, 0.15) is 11.5 Å². The summed E-state index contributed by atoms with van der Waals surface area (Å²) in [6, 6.07) is 15.2. The Morgan fingerprint density at radius 3 is 2.27 bits per heavy atom. The van der Waals surface area contributed by atoms with Crippen molar-refractivity contribution in [3.8, 4) is 11.5 Å². The minimum Gasteiger partial charge on any atom is -0.497 e. The highest BCUT2D eigenvalue weighted by atomic mass is 16.5. The van der Waals surface area contributed by atoms with E-state index in [1.165, 1.54) is 0 Å².